The van der Waals surface area contributed by atoms with Crippen LogP contribution in [0.2, 0.25) is 0 Å². The van der Waals surface area contributed by atoms with Crippen molar-refractivity contribution in [3.05, 3.63) is 35.9 Å². The molecule has 0 spiro atoms. The van der Waals surface area contributed by atoms with Crippen LogP contribution < -0.4 is 5.43 Å². The molecule has 0 aliphatic heterocycles. The summed E-state index contributed by atoms with van der Waals surface area (Å²) in [7, 11) is 0. The minimum atomic E-state index is 0.0864. The fourth-order valence-corrected chi connectivity index (χ4v) is 4.31. The summed E-state index contributed by atoms with van der Waals surface area (Å²) in [5.74, 6) is 2.95. The third kappa shape index (κ3) is 2.61. The molecule has 1 amide bonds. The molecule has 3 heteroatoms. The monoisotopic (exact) mass is 282 g/mol. The number of carbonyl (C=O) groups excluding carboxylic acids is 1. The molecule has 1 aromatic rings. The van der Waals surface area contributed by atoms with Gasteiger partial charge in [0.05, 0.1) is 0 Å². The van der Waals surface area contributed by atoms with Crippen molar-refractivity contribution in [2.45, 2.75) is 38.0 Å². The maximum absolute atomic E-state index is 12.1. The standard InChI is InChI=1S/C18H22N2O/c21-18(17-10-16(17)13-4-2-1-3-5-13)20-19-11-15-9-12-6-7-14(15)8-12/h1-5,11-12,14-17H,6-10H2,(H,20,21)/b19-11-/t12-,14-,15-,16+,17+/m0/s1. The molecule has 0 radical (unpaired) electrons. The number of amides is 1. The fraction of sp³-hybridized carbons (Fsp3) is 0.556. The Balaban J connectivity index is 1.28. The van der Waals surface area contributed by atoms with E-state index in [0.717, 1.165) is 18.3 Å². The van der Waals surface area contributed by atoms with E-state index in [1.54, 1.807) is 0 Å². The van der Waals surface area contributed by atoms with Gasteiger partial charge in [-0.05, 0) is 54.9 Å². The van der Waals surface area contributed by atoms with Crippen molar-refractivity contribution in [3.63, 3.8) is 0 Å². The highest BCUT2D eigenvalue weighted by Gasteiger charge is 2.44. The quantitative estimate of drug-likeness (QED) is 0.668. The molecule has 4 rings (SSSR count). The molecule has 110 valence electrons. The molecule has 3 aliphatic carbocycles. The molecular formula is C18H22N2O. The highest BCUT2D eigenvalue weighted by molar-refractivity contribution is 5.83. The molecule has 5 atom stereocenters. The minimum absolute atomic E-state index is 0.0864. The van der Waals surface area contributed by atoms with Crippen LogP contribution in [0.3, 0.4) is 0 Å². The van der Waals surface area contributed by atoms with Gasteiger partial charge < -0.3 is 0 Å². The average Bonchev–Trinajstić information content (AvgIpc) is 3.06. The summed E-state index contributed by atoms with van der Waals surface area (Å²) in [6.45, 7) is 0. The predicted octanol–water partition coefficient (Wildman–Crippen LogP) is 3.33. The molecule has 0 unspecified atom stereocenters. The van der Waals surface area contributed by atoms with E-state index >= 15 is 0 Å². The zero-order chi connectivity index (χ0) is 14.2. The number of hydrazone groups is 1. The molecule has 3 nitrogen and oxygen atoms in total. The first-order valence-corrected chi connectivity index (χ1v) is 8.19. The van der Waals surface area contributed by atoms with Gasteiger partial charge in [-0.2, -0.15) is 5.10 Å². The van der Waals surface area contributed by atoms with E-state index in [4.69, 9.17) is 0 Å². The number of rotatable bonds is 4. The van der Waals surface area contributed by atoms with E-state index in [9.17, 15) is 4.79 Å². The Hall–Kier alpha value is -1.64. The lowest BCUT2D eigenvalue weighted by Crippen LogP contribution is -2.22. The Labute approximate surface area is 125 Å². The predicted molar refractivity (Wildman–Crippen MR) is 82.9 cm³/mol. The molecule has 3 aliphatic rings. The summed E-state index contributed by atoms with van der Waals surface area (Å²) in [6.07, 6.45) is 8.38. The number of nitrogens with one attached hydrogen (secondary N) is 1. The second-order valence-corrected chi connectivity index (χ2v) is 6.95. The van der Waals surface area contributed by atoms with Crippen LogP contribution in [0.1, 0.15) is 43.6 Å². The number of carbonyl (C=O) groups is 1. The fourth-order valence-electron chi connectivity index (χ4n) is 4.31. The summed E-state index contributed by atoms with van der Waals surface area (Å²) in [4.78, 5) is 12.1. The lowest BCUT2D eigenvalue weighted by molar-refractivity contribution is -0.122. The molecule has 0 aromatic heterocycles. The van der Waals surface area contributed by atoms with Crippen molar-refractivity contribution < 1.29 is 4.79 Å². The topological polar surface area (TPSA) is 41.5 Å². The maximum atomic E-state index is 12.1. The molecule has 0 heterocycles. The molecule has 3 saturated carbocycles. The van der Waals surface area contributed by atoms with Crippen molar-refractivity contribution in [1.82, 2.24) is 5.43 Å². The van der Waals surface area contributed by atoms with E-state index in [-0.39, 0.29) is 11.8 Å². The Morgan fingerprint density at radius 3 is 2.71 bits per heavy atom. The van der Waals surface area contributed by atoms with E-state index in [1.165, 1.54) is 31.2 Å². The second kappa shape index (κ2) is 5.28. The van der Waals surface area contributed by atoms with Gasteiger partial charge in [0.15, 0.2) is 0 Å². The van der Waals surface area contributed by atoms with Gasteiger partial charge in [0.25, 0.3) is 0 Å². The number of nitrogens with zero attached hydrogens (tertiary/aromatic N) is 1. The molecule has 1 aromatic carbocycles. The Morgan fingerprint density at radius 2 is 2.00 bits per heavy atom. The first-order chi connectivity index (χ1) is 10.3. The van der Waals surface area contributed by atoms with Gasteiger partial charge >= 0.3 is 0 Å². The maximum Gasteiger partial charge on any atom is 0.243 e. The molecule has 0 saturated heterocycles. The van der Waals surface area contributed by atoms with Crippen LogP contribution in [0.25, 0.3) is 0 Å². The van der Waals surface area contributed by atoms with Gasteiger partial charge in [-0.1, -0.05) is 36.8 Å². The molecule has 3 fully saturated rings. The number of fused-ring (bicyclic) bond motifs is 2. The number of benzene rings is 1. The molecule has 1 N–H and O–H groups in total. The van der Waals surface area contributed by atoms with Gasteiger partial charge in [-0.15, -0.1) is 0 Å². The van der Waals surface area contributed by atoms with Crippen LogP contribution in [-0.4, -0.2) is 12.1 Å². The van der Waals surface area contributed by atoms with E-state index in [1.807, 2.05) is 24.4 Å². The summed E-state index contributed by atoms with van der Waals surface area (Å²) in [6, 6.07) is 10.3. The SMILES string of the molecule is O=C(N/N=C\[C@@H]1C[C@H]2CC[C@H]1C2)[C@@H]1C[C@@H]1c1ccccc1. The summed E-state index contributed by atoms with van der Waals surface area (Å²) in [5.41, 5.74) is 4.03. The lowest BCUT2D eigenvalue weighted by Gasteiger charge is -2.16. The van der Waals surface area contributed by atoms with Crippen molar-refractivity contribution in [3.8, 4) is 0 Å². The van der Waals surface area contributed by atoms with Crippen molar-refractivity contribution in [2.24, 2.45) is 28.8 Å². The van der Waals surface area contributed by atoms with Crippen molar-refractivity contribution in [1.29, 1.82) is 0 Å². The van der Waals surface area contributed by atoms with E-state index in [0.29, 0.717) is 11.8 Å². The smallest absolute Gasteiger partial charge is 0.243 e. The molecule has 2 bridgehead atoms. The lowest BCUT2D eigenvalue weighted by atomic mass is 9.90. The van der Waals surface area contributed by atoms with Crippen LogP contribution >= 0.6 is 0 Å². The average molecular weight is 282 g/mol. The van der Waals surface area contributed by atoms with Gasteiger partial charge in [-0.3, -0.25) is 4.79 Å². The minimum Gasteiger partial charge on any atom is -0.273 e. The Bertz CT molecular complexity index is 554. The summed E-state index contributed by atoms with van der Waals surface area (Å²) >= 11 is 0. The Kier molecular flexibility index (Phi) is 3.28. The third-order valence-electron chi connectivity index (χ3n) is 5.59. The Morgan fingerprint density at radius 1 is 1.14 bits per heavy atom. The highest BCUT2D eigenvalue weighted by Crippen LogP contribution is 2.48. The number of hydrogen-bond donors (Lipinski definition) is 1. The third-order valence-corrected chi connectivity index (χ3v) is 5.59. The van der Waals surface area contributed by atoms with Crippen molar-refractivity contribution in [2.75, 3.05) is 0 Å². The highest BCUT2D eigenvalue weighted by atomic mass is 16.2. The zero-order valence-electron chi connectivity index (χ0n) is 12.2. The summed E-state index contributed by atoms with van der Waals surface area (Å²) < 4.78 is 0. The normalized spacial score (nSPS) is 37.0. The largest absolute Gasteiger partial charge is 0.273 e. The van der Waals surface area contributed by atoms with Gasteiger partial charge in [-0.25, -0.2) is 5.43 Å². The van der Waals surface area contributed by atoms with Crippen LogP contribution in [0.5, 0.6) is 0 Å². The number of hydrogen-bond acceptors (Lipinski definition) is 2. The van der Waals surface area contributed by atoms with Crippen molar-refractivity contribution >= 4 is 12.1 Å². The summed E-state index contributed by atoms with van der Waals surface area (Å²) in [5, 5.41) is 4.24. The first-order valence-electron chi connectivity index (χ1n) is 8.19. The first kappa shape index (κ1) is 13.1. The van der Waals surface area contributed by atoms with Crippen LogP contribution in [0.4, 0.5) is 0 Å². The van der Waals surface area contributed by atoms with Crippen LogP contribution in [0.15, 0.2) is 35.4 Å². The second-order valence-electron chi connectivity index (χ2n) is 6.95. The van der Waals surface area contributed by atoms with E-state index in [2.05, 4.69) is 22.7 Å². The molecule has 21 heavy (non-hydrogen) atoms. The van der Waals surface area contributed by atoms with Gasteiger partial charge in [0, 0.05) is 12.1 Å². The van der Waals surface area contributed by atoms with Gasteiger partial charge in [0.1, 0.15) is 0 Å². The molecular weight excluding hydrogens is 260 g/mol. The van der Waals surface area contributed by atoms with Crippen LogP contribution in [-0.2, 0) is 4.79 Å². The zero-order valence-corrected chi connectivity index (χ0v) is 12.2. The van der Waals surface area contributed by atoms with E-state index < -0.39 is 0 Å². The van der Waals surface area contributed by atoms with Gasteiger partial charge in [0.2, 0.25) is 5.91 Å². The van der Waals surface area contributed by atoms with Crippen LogP contribution in [0, 0.1) is 23.7 Å².